The highest BCUT2D eigenvalue weighted by atomic mass is 35.5. The second kappa shape index (κ2) is 8.55. The smallest absolute Gasteiger partial charge is 0.306 e. The Kier molecular flexibility index (Phi) is 6.43. The van der Waals surface area contributed by atoms with Crippen LogP contribution >= 0.6 is 23.4 Å². The van der Waals surface area contributed by atoms with Crippen molar-refractivity contribution in [1.82, 2.24) is 0 Å². The number of ether oxygens (including phenoxy) is 1. The van der Waals surface area contributed by atoms with E-state index in [9.17, 15) is 14.9 Å². The van der Waals surface area contributed by atoms with Gasteiger partial charge in [0.05, 0.1) is 16.4 Å². The molecule has 0 amide bonds. The molecule has 0 radical (unpaired) electrons. The van der Waals surface area contributed by atoms with E-state index in [-0.39, 0.29) is 24.7 Å². The molecular weight excluding hydrogens is 338 g/mol. The lowest BCUT2D eigenvalue weighted by Crippen LogP contribution is -2.05. The van der Waals surface area contributed by atoms with Crippen molar-refractivity contribution in [2.45, 2.75) is 17.9 Å². The maximum atomic E-state index is 11.7. The highest BCUT2D eigenvalue weighted by molar-refractivity contribution is 7.99. The summed E-state index contributed by atoms with van der Waals surface area (Å²) in [4.78, 5) is 22.7. The summed E-state index contributed by atoms with van der Waals surface area (Å²) in [5.74, 6) is 0.255. The van der Waals surface area contributed by atoms with E-state index in [2.05, 4.69) is 0 Å². The van der Waals surface area contributed by atoms with Crippen molar-refractivity contribution in [3.8, 4) is 0 Å². The molecule has 0 fully saturated rings. The zero-order valence-electron chi connectivity index (χ0n) is 12.1. The monoisotopic (exact) mass is 351 g/mol. The minimum Gasteiger partial charge on any atom is -0.461 e. The van der Waals surface area contributed by atoms with Crippen molar-refractivity contribution in [2.24, 2.45) is 0 Å². The van der Waals surface area contributed by atoms with E-state index in [0.717, 1.165) is 4.90 Å². The molecule has 0 saturated heterocycles. The van der Waals surface area contributed by atoms with Gasteiger partial charge in [0.1, 0.15) is 6.61 Å². The molecule has 5 nitrogen and oxygen atoms in total. The lowest BCUT2D eigenvalue weighted by Gasteiger charge is -2.06. The van der Waals surface area contributed by atoms with Crippen molar-refractivity contribution in [2.75, 3.05) is 5.75 Å². The van der Waals surface area contributed by atoms with Gasteiger partial charge in [-0.3, -0.25) is 14.9 Å². The second-order valence-electron chi connectivity index (χ2n) is 4.61. The van der Waals surface area contributed by atoms with E-state index in [0.29, 0.717) is 16.3 Å². The van der Waals surface area contributed by atoms with Crippen molar-refractivity contribution >= 4 is 35.0 Å². The van der Waals surface area contributed by atoms with E-state index < -0.39 is 4.92 Å². The van der Waals surface area contributed by atoms with Gasteiger partial charge >= 0.3 is 5.97 Å². The number of benzene rings is 2. The number of halogens is 1. The van der Waals surface area contributed by atoms with Crippen LogP contribution < -0.4 is 0 Å². The fraction of sp³-hybridized carbons (Fsp3) is 0.188. The van der Waals surface area contributed by atoms with Gasteiger partial charge in [0, 0.05) is 22.8 Å². The summed E-state index contributed by atoms with van der Waals surface area (Å²) in [5, 5.41) is 11.2. The summed E-state index contributed by atoms with van der Waals surface area (Å²) >= 11 is 7.53. The van der Waals surface area contributed by atoms with Crippen molar-refractivity contribution < 1.29 is 14.5 Å². The number of hydrogen-bond acceptors (Lipinski definition) is 5. The van der Waals surface area contributed by atoms with E-state index >= 15 is 0 Å². The zero-order chi connectivity index (χ0) is 16.7. The van der Waals surface area contributed by atoms with Crippen LogP contribution in [0, 0.1) is 10.1 Å². The van der Waals surface area contributed by atoms with Crippen LogP contribution in [0.4, 0.5) is 5.69 Å². The van der Waals surface area contributed by atoms with Gasteiger partial charge in [-0.05, 0) is 29.8 Å². The molecule has 0 aliphatic carbocycles. The molecule has 2 rings (SSSR count). The molecule has 7 heteroatoms. The van der Waals surface area contributed by atoms with Crippen LogP contribution in [-0.4, -0.2) is 16.6 Å². The number of nitro groups is 1. The summed E-state index contributed by atoms with van der Waals surface area (Å²) in [7, 11) is 0. The molecule has 23 heavy (non-hydrogen) atoms. The number of carbonyl (C=O) groups is 1. The van der Waals surface area contributed by atoms with Gasteiger partial charge in [0.15, 0.2) is 0 Å². The molecule has 0 bridgehead atoms. The Hall–Kier alpha value is -2.05. The molecule has 0 aliphatic rings. The molecule has 0 atom stereocenters. The Balaban J connectivity index is 1.73. The Morgan fingerprint density at radius 3 is 2.52 bits per heavy atom. The largest absolute Gasteiger partial charge is 0.461 e. The van der Waals surface area contributed by atoms with Crippen LogP contribution in [-0.2, 0) is 16.1 Å². The fourth-order valence-corrected chi connectivity index (χ4v) is 2.92. The highest BCUT2D eigenvalue weighted by Crippen LogP contribution is 2.27. The number of thioether (sulfide) groups is 1. The van der Waals surface area contributed by atoms with Crippen molar-refractivity contribution in [1.29, 1.82) is 0 Å². The first-order chi connectivity index (χ1) is 11.1. The SMILES string of the molecule is O=C(CCSc1ccccc1Cl)OCc1ccc([N+](=O)[O-])cc1. The van der Waals surface area contributed by atoms with Crippen LogP contribution in [0.1, 0.15) is 12.0 Å². The van der Waals surface area contributed by atoms with Crippen LogP contribution in [0.5, 0.6) is 0 Å². The van der Waals surface area contributed by atoms with Gasteiger partial charge in [-0.1, -0.05) is 23.7 Å². The number of nitrogens with zero attached hydrogens (tertiary/aromatic N) is 1. The van der Waals surface area contributed by atoms with E-state index in [1.807, 2.05) is 18.2 Å². The molecule has 2 aromatic rings. The maximum Gasteiger partial charge on any atom is 0.306 e. The molecule has 0 unspecified atom stereocenters. The first-order valence-corrected chi connectivity index (χ1v) is 8.19. The van der Waals surface area contributed by atoms with Crippen LogP contribution in [0.15, 0.2) is 53.4 Å². The van der Waals surface area contributed by atoms with Gasteiger partial charge in [-0.15, -0.1) is 11.8 Å². The molecule has 0 aromatic heterocycles. The van der Waals surface area contributed by atoms with Gasteiger partial charge in [0.25, 0.3) is 5.69 Å². The first kappa shape index (κ1) is 17.3. The standard InChI is InChI=1S/C16H14ClNO4S/c17-14-3-1-2-4-15(14)23-10-9-16(19)22-11-12-5-7-13(8-6-12)18(20)21/h1-8H,9-11H2. The van der Waals surface area contributed by atoms with Gasteiger partial charge in [-0.2, -0.15) is 0 Å². The fourth-order valence-electron chi connectivity index (χ4n) is 1.76. The summed E-state index contributed by atoms with van der Waals surface area (Å²) in [6.45, 7) is 0.105. The Morgan fingerprint density at radius 1 is 1.17 bits per heavy atom. The van der Waals surface area contributed by atoms with E-state index in [1.165, 1.54) is 23.9 Å². The lowest BCUT2D eigenvalue weighted by atomic mass is 10.2. The highest BCUT2D eigenvalue weighted by Gasteiger charge is 2.07. The average Bonchev–Trinajstić information content (AvgIpc) is 2.55. The third kappa shape index (κ3) is 5.58. The molecule has 0 spiro atoms. The molecule has 2 aromatic carbocycles. The number of nitro benzene ring substituents is 1. The first-order valence-electron chi connectivity index (χ1n) is 6.82. The topological polar surface area (TPSA) is 69.4 Å². The molecule has 120 valence electrons. The van der Waals surface area contributed by atoms with Crippen molar-refractivity contribution in [3.05, 3.63) is 69.2 Å². The van der Waals surface area contributed by atoms with Crippen molar-refractivity contribution in [3.63, 3.8) is 0 Å². The number of carbonyl (C=O) groups excluding carboxylic acids is 1. The molecule has 0 heterocycles. The Morgan fingerprint density at radius 2 is 1.87 bits per heavy atom. The molecular formula is C16H14ClNO4S. The maximum absolute atomic E-state index is 11.7. The van der Waals surface area contributed by atoms with Gasteiger partial charge in [-0.25, -0.2) is 0 Å². The minimum atomic E-state index is -0.471. The predicted molar refractivity (Wildman–Crippen MR) is 89.7 cm³/mol. The quantitative estimate of drug-likeness (QED) is 0.318. The third-order valence-corrected chi connectivity index (χ3v) is 4.46. The predicted octanol–water partition coefficient (Wildman–Crippen LogP) is 4.47. The number of hydrogen-bond donors (Lipinski definition) is 0. The number of esters is 1. The lowest BCUT2D eigenvalue weighted by molar-refractivity contribution is -0.384. The normalized spacial score (nSPS) is 10.3. The summed E-state index contributed by atoms with van der Waals surface area (Å²) in [5.41, 5.74) is 0.721. The van der Waals surface area contributed by atoms with Crippen LogP contribution in [0.3, 0.4) is 0 Å². The summed E-state index contributed by atoms with van der Waals surface area (Å²) < 4.78 is 5.14. The number of non-ortho nitro benzene ring substituents is 1. The zero-order valence-corrected chi connectivity index (χ0v) is 13.7. The Bertz CT molecular complexity index is 691. The van der Waals surface area contributed by atoms with Gasteiger partial charge in [0.2, 0.25) is 0 Å². The summed E-state index contributed by atoms with van der Waals surface area (Å²) in [6.07, 6.45) is 0.267. The summed E-state index contributed by atoms with van der Waals surface area (Å²) in [6, 6.07) is 13.4. The number of rotatable bonds is 7. The van der Waals surface area contributed by atoms with E-state index in [1.54, 1.807) is 18.2 Å². The average molecular weight is 352 g/mol. The Labute approximate surface area is 142 Å². The third-order valence-electron chi connectivity index (χ3n) is 2.95. The second-order valence-corrected chi connectivity index (χ2v) is 6.16. The van der Waals surface area contributed by atoms with Gasteiger partial charge < -0.3 is 4.74 Å². The molecule has 0 saturated carbocycles. The van der Waals surface area contributed by atoms with E-state index in [4.69, 9.17) is 16.3 Å². The molecule has 0 aliphatic heterocycles. The minimum absolute atomic E-state index is 0.0104. The van der Waals surface area contributed by atoms with Crippen LogP contribution in [0.2, 0.25) is 5.02 Å². The van der Waals surface area contributed by atoms with Crippen LogP contribution in [0.25, 0.3) is 0 Å². The molecule has 0 N–H and O–H groups in total.